The zero-order valence-corrected chi connectivity index (χ0v) is 16.2. The first-order valence-corrected chi connectivity index (χ1v) is 10.2. The summed E-state index contributed by atoms with van der Waals surface area (Å²) in [5, 5.41) is 2.65. The van der Waals surface area contributed by atoms with Crippen molar-refractivity contribution in [3.63, 3.8) is 0 Å². The van der Waals surface area contributed by atoms with Crippen LogP contribution in [-0.2, 0) is 4.79 Å². The summed E-state index contributed by atoms with van der Waals surface area (Å²) >= 11 is 0. The molecule has 2 heterocycles. The highest BCUT2D eigenvalue weighted by molar-refractivity contribution is 5.96. The van der Waals surface area contributed by atoms with Crippen molar-refractivity contribution in [3.8, 4) is 5.88 Å². The largest absolute Gasteiger partial charge is 0.476 e. The van der Waals surface area contributed by atoms with Crippen molar-refractivity contribution >= 4 is 17.5 Å². The SMILES string of the molecule is NC(=O)[C@H](CC1CC1)NC(=O)c1ccc(N2CCC(F)(F)C2)c(OCC2CC2)n1. The normalized spacial score (nSPS) is 21.7. The number of nitrogens with one attached hydrogen (secondary N) is 1. The van der Waals surface area contributed by atoms with Crippen molar-refractivity contribution in [3.05, 3.63) is 17.8 Å². The lowest BCUT2D eigenvalue weighted by molar-refractivity contribution is -0.120. The molecule has 0 radical (unpaired) electrons. The van der Waals surface area contributed by atoms with E-state index in [1.807, 2.05) is 0 Å². The van der Waals surface area contributed by atoms with Gasteiger partial charge in [0.2, 0.25) is 11.8 Å². The smallest absolute Gasteiger partial charge is 0.270 e. The van der Waals surface area contributed by atoms with Crippen LogP contribution in [0.2, 0.25) is 0 Å². The fraction of sp³-hybridized carbons (Fsp3) is 0.650. The zero-order chi connectivity index (χ0) is 20.6. The molecule has 1 aromatic rings. The molecule has 1 aromatic heterocycles. The molecule has 3 N–H and O–H groups in total. The number of aromatic nitrogens is 1. The summed E-state index contributed by atoms with van der Waals surface area (Å²) in [4.78, 5) is 30.1. The molecule has 9 heteroatoms. The topological polar surface area (TPSA) is 97.5 Å². The molecule has 0 aromatic carbocycles. The van der Waals surface area contributed by atoms with E-state index in [1.54, 1.807) is 6.07 Å². The van der Waals surface area contributed by atoms with E-state index in [0.717, 1.165) is 25.7 Å². The molecular formula is C20H26F2N4O3. The van der Waals surface area contributed by atoms with E-state index in [1.165, 1.54) is 11.0 Å². The fourth-order valence-electron chi connectivity index (χ4n) is 3.49. The molecule has 3 fully saturated rings. The van der Waals surface area contributed by atoms with Crippen LogP contribution < -0.4 is 20.7 Å². The molecule has 0 unspecified atom stereocenters. The van der Waals surface area contributed by atoms with Crippen LogP contribution in [0.4, 0.5) is 14.5 Å². The van der Waals surface area contributed by atoms with Gasteiger partial charge in [-0.3, -0.25) is 9.59 Å². The maximum Gasteiger partial charge on any atom is 0.270 e. The first-order chi connectivity index (χ1) is 13.8. The number of ether oxygens (including phenoxy) is 1. The van der Waals surface area contributed by atoms with Crippen LogP contribution in [0, 0.1) is 11.8 Å². The number of carbonyl (C=O) groups excluding carboxylic acids is 2. The highest BCUT2D eigenvalue weighted by Gasteiger charge is 2.39. The number of amides is 2. The molecule has 4 rings (SSSR count). The third kappa shape index (κ3) is 5.13. The first-order valence-electron chi connectivity index (χ1n) is 10.2. The zero-order valence-electron chi connectivity index (χ0n) is 16.2. The van der Waals surface area contributed by atoms with Crippen LogP contribution in [0.3, 0.4) is 0 Å². The lowest BCUT2D eigenvalue weighted by atomic mass is 10.1. The van der Waals surface area contributed by atoms with Crippen LogP contribution >= 0.6 is 0 Å². The van der Waals surface area contributed by atoms with E-state index in [-0.39, 0.29) is 24.5 Å². The van der Waals surface area contributed by atoms with Gasteiger partial charge in [-0.25, -0.2) is 13.8 Å². The van der Waals surface area contributed by atoms with Gasteiger partial charge in [0.25, 0.3) is 11.8 Å². The Hall–Kier alpha value is -2.45. The van der Waals surface area contributed by atoms with Gasteiger partial charge in [-0.1, -0.05) is 12.8 Å². The molecule has 1 atom stereocenters. The lowest BCUT2D eigenvalue weighted by Gasteiger charge is -2.22. The molecule has 1 saturated heterocycles. The summed E-state index contributed by atoms with van der Waals surface area (Å²) in [5.41, 5.74) is 5.95. The monoisotopic (exact) mass is 408 g/mol. The van der Waals surface area contributed by atoms with Gasteiger partial charge in [0.1, 0.15) is 17.4 Å². The standard InChI is InChI=1S/C20H26F2N4O3/c21-20(22)7-8-26(11-20)16-6-5-14(25-19(16)29-10-13-3-4-13)18(28)24-15(17(23)27)9-12-1-2-12/h5-6,12-13,15H,1-4,7-11H2,(H2,23,27)(H,24,28)/t15-/m0/s1. The fourth-order valence-corrected chi connectivity index (χ4v) is 3.49. The molecule has 2 aliphatic carbocycles. The van der Waals surface area contributed by atoms with Gasteiger partial charge >= 0.3 is 0 Å². The summed E-state index contributed by atoms with van der Waals surface area (Å²) in [6.45, 7) is 0.247. The van der Waals surface area contributed by atoms with E-state index in [9.17, 15) is 18.4 Å². The molecule has 0 bridgehead atoms. The number of hydrogen-bond acceptors (Lipinski definition) is 5. The van der Waals surface area contributed by atoms with E-state index < -0.39 is 30.3 Å². The number of nitrogens with two attached hydrogens (primary N) is 1. The summed E-state index contributed by atoms with van der Waals surface area (Å²) < 4.78 is 33.1. The Morgan fingerprint density at radius 1 is 1.28 bits per heavy atom. The molecule has 29 heavy (non-hydrogen) atoms. The summed E-state index contributed by atoms with van der Waals surface area (Å²) in [6.07, 6.45) is 4.50. The van der Waals surface area contributed by atoms with Crippen molar-refractivity contribution in [2.75, 3.05) is 24.6 Å². The second kappa shape index (κ2) is 7.76. The van der Waals surface area contributed by atoms with Gasteiger partial charge < -0.3 is 20.7 Å². The summed E-state index contributed by atoms with van der Waals surface area (Å²) in [7, 11) is 0. The Morgan fingerprint density at radius 2 is 2.00 bits per heavy atom. The van der Waals surface area contributed by atoms with Gasteiger partial charge in [0.05, 0.1) is 13.2 Å². The number of carbonyl (C=O) groups is 2. The predicted octanol–water partition coefficient (Wildman–Crippen LogP) is 2.10. The number of hydrogen-bond donors (Lipinski definition) is 2. The quantitative estimate of drug-likeness (QED) is 0.652. The number of pyridine rings is 1. The van der Waals surface area contributed by atoms with E-state index in [0.29, 0.717) is 30.6 Å². The van der Waals surface area contributed by atoms with Crippen molar-refractivity contribution in [2.24, 2.45) is 17.6 Å². The molecule has 158 valence electrons. The van der Waals surface area contributed by atoms with Gasteiger partial charge in [-0.2, -0.15) is 0 Å². The van der Waals surface area contributed by atoms with Crippen molar-refractivity contribution < 1.29 is 23.1 Å². The summed E-state index contributed by atoms with van der Waals surface area (Å²) in [5.74, 6) is -2.81. The number of rotatable bonds is 9. The summed E-state index contributed by atoms with van der Waals surface area (Å²) in [6, 6.07) is 2.32. The second-order valence-electron chi connectivity index (χ2n) is 8.41. The number of anilines is 1. The van der Waals surface area contributed by atoms with Crippen molar-refractivity contribution in [1.29, 1.82) is 0 Å². The molecule has 1 aliphatic heterocycles. The van der Waals surface area contributed by atoms with Gasteiger partial charge in [-0.15, -0.1) is 0 Å². The third-order valence-electron chi connectivity index (χ3n) is 5.65. The second-order valence-corrected chi connectivity index (χ2v) is 8.41. The minimum atomic E-state index is -2.75. The molecule has 0 spiro atoms. The highest BCUT2D eigenvalue weighted by Crippen LogP contribution is 2.37. The molecule has 2 saturated carbocycles. The Bertz CT molecular complexity index is 796. The van der Waals surface area contributed by atoms with Gasteiger partial charge in [0, 0.05) is 13.0 Å². The minimum Gasteiger partial charge on any atom is -0.476 e. The Labute approximate surface area is 168 Å². The molecule has 7 nitrogen and oxygen atoms in total. The van der Waals surface area contributed by atoms with Crippen molar-refractivity contribution in [2.45, 2.75) is 50.5 Å². The van der Waals surface area contributed by atoms with Gasteiger partial charge in [-0.05, 0) is 43.2 Å². The number of alkyl halides is 2. The number of primary amides is 1. The van der Waals surface area contributed by atoms with Crippen LogP contribution in [0.5, 0.6) is 5.88 Å². The van der Waals surface area contributed by atoms with Crippen LogP contribution in [0.1, 0.15) is 49.0 Å². The lowest BCUT2D eigenvalue weighted by Crippen LogP contribution is -2.45. The van der Waals surface area contributed by atoms with Crippen molar-refractivity contribution in [1.82, 2.24) is 10.3 Å². The third-order valence-corrected chi connectivity index (χ3v) is 5.65. The molecule has 2 amide bonds. The minimum absolute atomic E-state index is 0.0764. The van der Waals surface area contributed by atoms with E-state index >= 15 is 0 Å². The van der Waals surface area contributed by atoms with E-state index in [2.05, 4.69) is 10.3 Å². The predicted molar refractivity (Wildman–Crippen MR) is 102 cm³/mol. The van der Waals surface area contributed by atoms with E-state index in [4.69, 9.17) is 10.5 Å². The molecule has 3 aliphatic rings. The Morgan fingerprint density at radius 3 is 2.59 bits per heavy atom. The van der Waals surface area contributed by atoms with Crippen LogP contribution in [0.25, 0.3) is 0 Å². The Balaban J connectivity index is 1.51. The Kier molecular flexibility index (Phi) is 5.31. The van der Waals surface area contributed by atoms with Crippen LogP contribution in [0.15, 0.2) is 12.1 Å². The number of nitrogens with zero attached hydrogens (tertiary/aromatic N) is 2. The maximum absolute atomic E-state index is 13.7. The maximum atomic E-state index is 13.7. The van der Waals surface area contributed by atoms with Gasteiger partial charge in [0.15, 0.2) is 0 Å². The van der Waals surface area contributed by atoms with Crippen LogP contribution in [-0.4, -0.2) is 48.5 Å². The number of halogens is 2. The highest BCUT2D eigenvalue weighted by atomic mass is 19.3. The molecular weight excluding hydrogens is 382 g/mol. The first kappa shape index (κ1) is 19.8. The average molecular weight is 408 g/mol. The average Bonchev–Trinajstić information content (AvgIpc) is 3.59.